The van der Waals surface area contributed by atoms with Gasteiger partial charge in [0.15, 0.2) is 6.39 Å². The van der Waals surface area contributed by atoms with Crippen LogP contribution in [0.2, 0.25) is 0 Å². The number of carbonyl (C=O) groups is 2. The van der Waals surface area contributed by atoms with E-state index < -0.39 is 5.41 Å². The van der Waals surface area contributed by atoms with Gasteiger partial charge in [0.1, 0.15) is 0 Å². The fourth-order valence-corrected chi connectivity index (χ4v) is 4.53. The first kappa shape index (κ1) is 22.7. The summed E-state index contributed by atoms with van der Waals surface area (Å²) in [4.78, 5) is 36.5. The van der Waals surface area contributed by atoms with Crippen LogP contribution < -0.4 is 5.32 Å². The summed E-state index contributed by atoms with van der Waals surface area (Å²) < 4.78 is 5.30. The Morgan fingerprint density at radius 2 is 1.91 bits per heavy atom. The summed E-state index contributed by atoms with van der Waals surface area (Å²) in [6, 6.07) is 12.2. The van der Waals surface area contributed by atoms with Crippen LogP contribution in [0.25, 0.3) is 11.1 Å². The topological polar surface area (TPSA) is 88.3 Å². The molecule has 7 heteroatoms. The van der Waals surface area contributed by atoms with Gasteiger partial charge in [-0.15, -0.1) is 0 Å². The maximum atomic E-state index is 13.5. The molecule has 0 radical (unpaired) electrons. The Kier molecular flexibility index (Phi) is 6.58. The molecule has 33 heavy (non-hydrogen) atoms. The lowest BCUT2D eigenvalue weighted by Crippen LogP contribution is -2.52. The molecule has 7 nitrogen and oxygen atoms in total. The molecule has 1 aromatic carbocycles. The van der Waals surface area contributed by atoms with Crippen LogP contribution in [0, 0.1) is 12.3 Å². The summed E-state index contributed by atoms with van der Waals surface area (Å²) >= 11 is 0. The molecule has 0 spiro atoms. The molecular weight excluding hydrogens is 416 g/mol. The Hall–Kier alpha value is -3.48. The van der Waals surface area contributed by atoms with E-state index in [4.69, 9.17) is 4.42 Å². The number of hydrogen-bond acceptors (Lipinski definition) is 5. The van der Waals surface area contributed by atoms with E-state index in [1.54, 1.807) is 18.0 Å². The largest absolute Gasteiger partial charge is 0.438 e. The Morgan fingerprint density at radius 1 is 1.15 bits per heavy atom. The van der Waals surface area contributed by atoms with Gasteiger partial charge in [0, 0.05) is 37.1 Å². The number of nitrogens with one attached hydrogen (secondary N) is 1. The van der Waals surface area contributed by atoms with Crippen molar-refractivity contribution < 1.29 is 14.0 Å². The second-order valence-corrected chi connectivity index (χ2v) is 9.04. The summed E-state index contributed by atoms with van der Waals surface area (Å²) in [5.74, 6) is 0.149. The van der Waals surface area contributed by atoms with Gasteiger partial charge in [-0.1, -0.05) is 30.3 Å². The molecule has 4 rings (SSSR count). The van der Waals surface area contributed by atoms with Crippen molar-refractivity contribution in [2.75, 3.05) is 13.1 Å². The Bertz CT molecular complexity index is 1120. The van der Waals surface area contributed by atoms with Crippen LogP contribution in [0.4, 0.5) is 0 Å². The predicted octanol–water partition coefficient (Wildman–Crippen LogP) is 4.03. The SMILES string of the molecule is Cc1ncoc1C(=O)N1CCC(Cc2ccccc2-c2cccnc2)(C(=O)NC(C)C)CC1. The first-order chi connectivity index (χ1) is 15.9. The molecule has 0 atom stereocenters. The third kappa shape index (κ3) is 4.82. The van der Waals surface area contributed by atoms with Crippen molar-refractivity contribution in [2.24, 2.45) is 5.41 Å². The zero-order valence-electron chi connectivity index (χ0n) is 19.4. The summed E-state index contributed by atoms with van der Waals surface area (Å²) in [6.07, 6.45) is 6.65. The van der Waals surface area contributed by atoms with E-state index in [1.807, 2.05) is 44.3 Å². The first-order valence-corrected chi connectivity index (χ1v) is 11.4. The zero-order chi connectivity index (χ0) is 23.4. The number of carbonyl (C=O) groups excluding carboxylic acids is 2. The smallest absolute Gasteiger partial charge is 0.291 e. The number of piperidine rings is 1. The van der Waals surface area contributed by atoms with Gasteiger partial charge in [-0.2, -0.15) is 0 Å². The number of likely N-dealkylation sites (tertiary alicyclic amines) is 1. The minimum atomic E-state index is -0.601. The number of pyridine rings is 1. The number of amides is 2. The molecule has 3 aromatic rings. The number of aryl methyl sites for hydroxylation is 1. The fourth-order valence-electron chi connectivity index (χ4n) is 4.53. The molecule has 172 valence electrons. The fraction of sp³-hybridized carbons (Fsp3) is 0.385. The van der Waals surface area contributed by atoms with Gasteiger partial charge in [-0.05, 0) is 57.2 Å². The average Bonchev–Trinajstić information content (AvgIpc) is 3.25. The van der Waals surface area contributed by atoms with Crippen LogP contribution in [0.5, 0.6) is 0 Å². The third-order valence-corrected chi connectivity index (χ3v) is 6.37. The van der Waals surface area contributed by atoms with E-state index in [2.05, 4.69) is 27.4 Å². The van der Waals surface area contributed by atoms with E-state index in [0.29, 0.717) is 38.0 Å². The normalized spacial score (nSPS) is 15.5. The minimum Gasteiger partial charge on any atom is -0.438 e. The highest BCUT2D eigenvalue weighted by atomic mass is 16.3. The molecule has 1 N–H and O–H groups in total. The molecular formula is C26H30N4O3. The van der Waals surface area contributed by atoms with Crippen molar-refractivity contribution >= 4 is 11.8 Å². The molecule has 3 heterocycles. The van der Waals surface area contributed by atoms with Crippen molar-refractivity contribution in [1.29, 1.82) is 0 Å². The molecule has 2 aromatic heterocycles. The van der Waals surface area contributed by atoms with E-state index in [-0.39, 0.29) is 23.6 Å². The van der Waals surface area contributed by atoms with Gasteiger partial charge >= 0.3 is 0 Å². The molecule has 2 amide bonds. The van der Waals surface area contributed by atoms with Gasteiger partial charge in [0.2, 0.25) is 11.7 Å². The second kappa shape index (κ2) is 9.57. The van der Waals surface area contributed by atoms with Gasteiger partial charge in [-0.3, -0.25) is 14.6 Å². The third-order valence-electron chi connectivity index (χ3n) is 6.37. The Balaban J connectivity index is 1.61. The average molecular weight is 447 g/mol. The minimum absolute atomic E-state index is 0.0412. The van der Waals surface area contributed by atoms with E-state index >= 15 is 0 Å². The van der Waals surface area contributed by atoms with Gasteiger partial charge in [0.25, 0.3) is 5.91 Å². The van der Waals surface area contributed by atoms with Crippen LogP contribution >= 0.6 is 0 Å². The number of nitrogens with zero attached hydrogens (tertiary/aromatic N) is 3. The van der Waals surface area contributed by atoms with Crippen molar-refractivity contribution in [3.8, 4) is 11.1 Å². The number of benzene rings is 1. The highest BCUT2D eigenvalue weighted by molar-refractivity contribution is 5.93. The summed E-state index contributed by atoms with van der Waals surface area (Å²) in [5.41, 5.74) is 3.20. The monoisotopic (exact) mass is 446 g/mol. The van der Waals surface area contributed by atoms with Crippen molar-refractivity contribution in [1.82, 2.24) is 20.2 Å². The lowest BCUT2D eigenvalue weighted by Gasteiger charge is -2.41. The van der Waals surface area contributed by atoms with Gasteiger partial charge in [-0.25, -0.2) is 4.98 Å². The quantitative estimate of drug-likeness (QED) is 0.618. The zero-order valence-corrected chi connectivity index (χ0v) is 19.4. The van der Waals surface area contributed by atoms with Crippen LogP contribution in [0.15, 0.2) is 59.6 Å². The maximum Gasteiger partial charge on any atom is 0.291 e. The van der Waals surface area contributed by atoms with E-state index in [1.165, 1.54) is 6.39 Å². The molecule has 0 aliphatic carbocycles. The highest BCUT2D eigenvalue weighted by Crippen LogP contribution is 2.38. The molecule has 0 saturated carbocycles. The van der Waals surface area contributed by atoms with Crippen LogP contribution in [0.1, 0.15) is 48.5 Å². The number of hydrogen-bond donors (Lipinski definition) is 1. The predicted molar refractivity (Wildman–Crippen MR) is 125 cm³/mol. The van der Waals surface area contributed by atoms with Crippen LogP contribution in [-0.2, 0) is 11.2 Å². The Morgan fingerprint density at radius 3 is 2.55 bits per heavy atom. The van der Waals surface area contributed by atoms with Gasteiger partial charge < -0.3 is 14.6 Å². The van der Waals surface area contributed by atoms with Crippen molar-refractivity contribution in [3.63, 3.8) is 0 Å². The summed E-state index contributed by atoms with van der Waals surface area (Å²) in [5, 5.41) is 3.13. The lowest BCUT2D eigenvalue weighted by molar-refractivity contribution is -0.134. The molecule has 0 bridgehead atoms. The highest BCUT2D eigenvalue weighted by Gasteiger charge is 2.43. The van der Waals surface area contributed by atoms with Crippen molar-refractivity contribution in [2.45, 2.75) is 46.1 Å². The number of oxazole rings is 1. The maximum absolute atomic E-state index is 13.5. The molecule has 1 aliphatic heterocycles. The molecule has 1 saturated heterocycles. The number of aromatic nitrogens is 2. The summed E-state index contributed by atoms with van der Waals surface area (Å²) in [6.45, 7) is 6.68. The standard InChI is InChI=1S/C26H30N4O3/c1-18(2)29-25(32)26(10-13-30(14-11-26)24(31)23-19(3)28-17-33-23)15-20-7-4-5-9-22(20)21-8-6-12-27-16-21/h4-9,12,16-18H,10-11,13-15H2,1-3H3,(H,29,32). The lowest BCUT2D eigenvalue weighted by atomic mass is 9.71. The van der Waals surface area contributed by atoms with E-state index in [9.17, 15) is 9.59 Å². The first-order valence-electron chi connectivity index (χ1n) is 11.4. The van der Waals surface area contributed by atoms with Gasteiger partial charge in [0.05, 0.1) is 11.1 Å². The van der Waals surface area contributed by atoms with E-state index in [0.717, 1.165) is 16.7 Å². The second-order valence-electron chi connectivity index (χ2n) is 9.04. The van der Waals surface area contributed by atoms with Crippen LogP contribution in [-0.4, -0.2) is 45.8 Å². The summed E-state index contributed by atoms with van der Waals surface area (Å²) in [7, 11) is 0. The van der Waals surface area contributed by atoms with Crippen molar-refractivity contribution in [3.05, 3.63) is 72.2 Å². The molecule has 1 aliphatic rings. The number of rotatable bonds is 6. The molecule has 0 unspecified atom stereocenters. The Labute approximate surface area is 194 Å². The molecule has 1 fully saturated rings. The van der Waals surface area contributed by atoms with Crippen LogP contribution in [0.3, 0.4) is 0 Å².